The molecule has 1 unspecified atom stereocenters. The average Bonchev–Trinajstić information content (AvgIpc) is 2.28. The van der Waals surface area contributed by atoms with Crippen molar-refractivity contribution < 1.29 is 9.53 Å². The standard InChI is InChI=1S/C13H25N3O2/c1-16(2)13(4-3-5-13)10-15-12(17)8-11-9-18-7-6-14-11/h11,14H,3-10H2,1-2H3,(H,15,17). The van der Waals surface area contributed by atoms with Gasteiger partial charge in [0.1, 0.15) is 0 Å². The number of nitrogens with zero attached hydrogens (tertiary/aromatic N) is 1. The third kappa shape index (κ3) is 3.22. The Labute approximate surface area is 109 Å². The van der Waals surface area contributed by atoms with Crippen LogP contribution in [-0.2, 0) is 9.53 Å². The number of likely N-dealkylation sites (N-methyl/N-ethyl adjacent to an activating group) is 1. The largest absolute Gasteiger partial charge is 0.378 e. The lowest BCUT2D eigenvalue weighted by Gasteiger charge is -2.47. The van der Waals surface area contributed by atoms with E-state index < -0.39 is 0 Å². The smallest absolute Gasteiger partial charge is 0.221 e. The van der Waals surface area contributed by atoms with Crippen LogP contribution < -0.4 is 10.6 Å². The minimum atomic E-state index is 0.131. The molecule has 1 atom stereocenters. The first-order valence-electron chi connectivity index (χ1n) is 6.88. The van der Waals surface area contributed by atoms with Gasteiger partial charge in [0.25, 0.3) is 0 Å². The number of carbonyl (C=O) groups is 1. The first-order valence-corrected chi connectivity index (χ1v) is 6.88. The van der Waals surface area contributed by atoms with Crippen LogP contribution in [-0.4, -0.2) is 62.8 Å². The summed E-state index contributed by atoms with van der Waals surface area (Å²) < 4.78 is 5.35. The van der Waals surface area contributed by atoms with Crippen molar-refractivity contribution in [2.24, 2.45) is 0 Å². The molecule has 1 amide bonds. The van der Waals surface area contributed by atoms with Gasteiger partial charge in [0, 0.05) is 31.1 Å². The SMILES string of the molecule is CN(C)C1(CNC(=O)CC2COCCN2)CCC1. The van der Waals surface area contributed by atoms with Gasteiger partial charge in [-0.15, -0.1) is 0 Å². The van der Waals surface area contributed by atoms with E-state index in [0.717, 1.165) is 19.7 Å². The van der Waals surface area contributed by atoms with Gasteiger partial charge >= 0.3 is 0 Å². The first-order chi connectivity index (χ1) is 8.62. The summed E-state index contributed by atoms with van der Waals surface area (Å²) in [6, 6.07) is 0.176. The van der Waals surface area contributed by atoms with Gasteiger partial charge in [-0.1, -0.05) is 0 Å². The summed E-state index contributed by atoms with van der Waals surface area (Å²) >= 11 is 0. The normalized spacial score (nSPS) is 26.7. The molecule has 5 heteroatoms. The summed E-state index contributed by atoms with van der Waals surface area (Å²) in [5, 5.41) is 6.38. The van der Waals surface area contributed by atoms with Crippen LogP contribution in [0, 0.1) is 0 Å². The second-order valence-corrected chi connectivity index (χ2v) is 5.68. The fourth-order valence-electron chi connectivity index (χ4n) is 2.68. The lowest BCUT2D eigenvalue weighted by molar-refractivity contribution is -0.123. The summed E-state index contributed by atoms with van der Waals surface area (Å²) in [5.41, 5.74) is 0.201. The molecule has 0 aromatic rings. The third-order valence-electron chi connectivity index (χ3n) is 4.28. The maximum atomic E-state index is 11.9. The quantitative estimate of drug-likeness (QED) is 0.724. The highest BCUT2D eigenvalue weighted by molar-refractivity contribution is 5.76. The van der Waals surface area contributed by atoms with E-state index in [0.29, 0.717) is 13.0 Å². The Hall–Kier alpha value is -0.650. The molecule has 0 aromatic carbocycles. The molecule has 0 radical (unpaired) electrons. The van der Waals surface area contributed by atoms with Crippen molar-refractivity contribution in [3.63, 3.8) is 0 Å². The van der Waals surface area contributed by atoms with Crippen molar-refractivity contribution in [2.45, 2.75) is 37.3 Å². The lowest BCUT2D eigenvalue weighted by atomic mass is 9.75. The minimum absolute atomic E-state index is 0.131. The molecule has 1 saturated carbocycles. The zero-order valence-electron chi connectivity index (χ0n) is 11.5. The van der Waals surface area contributed by atoms with Gasteiger partial charge in [0.15, 0.2) is 0 Å². The van der Waals surface area contributed by atoms with E-state index in [9.17, 15) is 4.79 Å². The van der Waals surface area contributed by atoms with Gasteiger partial charge in [-0.25, -0.2) is 0 Å². The average molecular weight is 255 g/mol. The fraction of sp³-hybridized carbons (Fsp3) is 0.923. The highest BCUT2D eigenvalue weighted by Gasteiger charge is 2.39. The van der Waals surface area contributed by atoms with Gasteiger partial charge < -0.3 is 20.3 Å². The molecule has 2 N–H and O–H groups in total. The number of amides is 1. The molecule has 104 valence electrons. The molecule has 0 bridgehead atoms. The Kier molecular flexibility index (Phi) is 4.59. The second kappa shape index (κ2) is 5.99. The summed E-state index contributed by atoms with van der Waals surface area (Å²) in [4.78, 5) is 14.1. The van der Waals surface area contributed by atoms with E-state index in [4.69, 9.17) is 4.74 Å². The van der Waals surface area contributed by atoms with Crippen molar-refractivity contribution in [1.29, 1.82) is 0 Å². The van der Waals surface area contributed by atoms with Gasteiger partial charge in [0.05, 0.1) is 13.2 Å². The molecule has 5 nitrogen and oxygen atoms in total. The van der Waals surface area contributed by atoms with Crippen LogP contribution in [0.15, 0.2) is 0 Å². The molecule has 2 rings (SSSR count). The van der Waals surface area contributed by atoms with Crippen molar-refractivity contribution in [3.05, 3.63) is 0 Å². The number of carbonyl (C=O) groups excluding carboxylic acids is 1. The number of nitrogens with one attached hydrogen (secondary N) is 2. The zero-order valence-corrected chi connectivity index (χ0v) is 11.5. The van der Waals surface area contributed by atoms with Crippen LogP contribution >= 0.6 is 0 Å². The predicted molar refractivity (Wildman–Crippen MR) is 70.5 cm³/mol. The highest BCUT2D eigenvalue weighted by Crippen LogP contribution is 2.35. The summed E-state index contributed by atoms with van der Waals surface area (Å²) in [5.74, 6) is 0.131. The van der Waals surface area contributed by atoms with Gasteiger partial charge in [-0.3, -0.25) is 4.79 Å². The molecule has 1 aliphatic heterocycles. The molecule has 1 aliphatic carbocycles. The molecule has 2 aliphatic rings. The van der Waals surface area contributed by atoms with Gasteiger partial charge in [0.2, 0.25) is 5.91 Å². The van der Waals surface area contributed by atoms with E-state index in [1.807, 2.05) is 0 Å². The Morgan fingerprint density at radius 2 is 2.28 bits per heavy atom. The molecule has 18 heavy (non-hydrogen) atoms. The number of hydrogen-bond donors (Lipinski definition) is 2. The molecular formula is C13H25N3O2. The van der Waals surface area contributed by atoms with Gasteiger partial charge in [-0.2, -0.15) is 0 Å². The number of rotatable bonds is 5. The maximum Gasteiger partial charge on any atom is 0.221 e. The zero-order chi connectivity index (χ0) is 13.0. The van der Waals surface area contributed by atoms with Crippen LogP contribution in [0.25, 0.3) is 0 Å². The van der Waals surface area contributed by atoms with Crippen LogP contribution in [0.1, 0.15) is 25.7 Å². The Morgan fingerprint density at radius 1 is 1.50 bits per heavy atom. The molecule has 1 heterocycles. The van der Waals surface area contributed by atoms with Crippen LogP contribution in [0.3, 0.4) is 0 Å². The maximum absolute atomic E-state index is 11.9. The number of hydrogen-bond acceptors (Lipinski definition) is 4. The monoisotopic (exact) mass is 255 g/mol. The minimum Gasteiger partial charge on any atom is -0.378 e. The van der Waals surface area contributed by atoms with Crippen LogP contribution in [0.5, 0.6) is 0 Å². The van der Waals surface area contributed by atoms with Crippen molar-refractivity contribution >= 4 is 5.91 Å². The Balaban J connectivity index is 1.70. The van der Waals surface area contributed by atoms with E-state index >= 15 is 0 Å². The number of morpholine rings is 1. The van der Waals surface area contributed by atoms with E-state index in [1.54, 1.807) is 0 Å². The van der Waals surface area contributed by atoms with Gasteiger partial charge in [-0.05, 0) is 33.4 Å². The van der Waals surface area contributed by atoms with Crippen molar-refractivity contribution in [3.8, 4) is 0 Å². The molecule has 0 aromatic heterocycles. The third-order valence-corrected chi connectivity index (χ3v) is 4.28. The topological polar surface area (TPSA) is 53.6 Å². The summed E-state index contributed by atoms with van der Waals surface area (Å²) in [7, 11) is 4.20. The summed E-state index contributed by atoms with van der Waals surface area (Å²) in [6.07, 6.45) is 4.16. The van der Waals surface area contributed by atoms with Crippen LogP contribution in [0.2, 0.25) is 0 Å². The fourth-order valence-corrected chi connectivity index (χ4v) is 2.68. The van der Waals surface area contributed by atoms with E-state index in [-0.39, 0.29) is 17.5 Å². The first kappa shape index (κ1) is 13.8. The highest BCUT2D eigenvalue weighted by atomic mass is 16.5. The molecule has 0 spiro atoms. The Morgan fingerprint density at radius 3 is 2.78 bits per heavy atom. The van der Waals surface area contributed by atoms with Crippen LogP contribution in [0.4, 0.5) is 0 Å². The predicted octanol–water partition coefficient (Wildman–Crippen LogP) is -0.0346. The molecule has 1 saturated heterocycles. The van der Waals surface area contributed by atoms with Crippen molar-refractivity contribution in [2.75, 3.05) is 40.4 Å². The van der Waals surface area contributed by atoms with Crippen molar-refractivity contribution in [1.82, 2.24) is 15.5 Å². The second-order valence-electron chi connectivity index (χ2n) is 5.68. The van der Waals surface area contributed by atoms with E-state index in [2.05, 4.69) is 29.6 Å². The molecule has 2 fully saturated rings. The molecular weight excluding hydrogens is 230 g/mol. The Bertz CT molecular complexity index is 284. The summed E-state index contributed by atoms with van der Waals surface area (Å²) in [6.45, 7) is 3.01. The lowest BCUT2D eigenvalue weighted by Crippen LogP contribution is -2.57. The van der Waals surface area contributed by atoms with E-state index in [1.165, 1.54) is 19.3 Å². The number of ether oxygens (including phenoxy) is 1.